The number of fused-ring (bicyclic) bond motifs is 1. The van der Waals surface area contributed by atoms with Gasteiger partial charge in [-0.1, -0.05) is 0 Å². The summed E-state index contributed by atoms with van der Waals surface area (Å²) in [5.41, 5.74) is 0.248. The number of hydrogen-bond acceptors (Lipinski definition) is 18. The molecule has 19 nitrogen and oxygen atoms in total. The molecule has 0 spiro atoms. The van der Waals surface area contributed by atoms with Crippen molar-refractivity contribution in [3.05, 3.63) is 42.5 Å². The van der Waals surface area contributed by atoms with E-state index in [1.807, 2.05) is 0 Å². The highest BCUT2D eigenvalue weighted by Crippen LogP contribution is 2.42. The van der Waals surface area contributed by atoms with Crippen LogP contribution in [0.15, 0.2) is 46.9 Å². The molecule has 1 aromatic heterocycles. The third kappa shape index (κ3) is 7.40. The lowest BCUT2D eigenvalue weighted by atomic mass is 9.98. The Morgan fingerprint density at radius 2 is 1.24 bits per heavy atom. The molecule has 0 radical (unpaired) electrons. The molecule has 0 aliphatic carbocycles. The zero-order valence-corrected chi connectivity index (χ0v) is 26.5. The van der Waals surface area contributed by atoms with Crippen LogP contribution in [0, 0.1) is 0 Å². The molecular formula is C32H39O19+. The fourth-order valence-corrected chi connectivity index (χ4v) is 5.93. The maximum atomic E-state index is 11.1. The molecule has 6 rings (SSSR count). The lowest BCUT2D eigenvalue weighted by Gasteiger charge is -2.44. The Hall–Kier alpha value is -3.51. The van der Waals surface area contributed by atoms with Gasteiger partial charge in [-0.3, -0.25) is 0 Å². The lowest BCUT2D eigenvalue weighted by molar-refractivity contribution is -0.344. The molecule has 3 aliphatic rings. The van der Waals surface area contributed by atoms with Gasteiger partial charge in [-0.05, 0) is 24.3 Å². The Kier molecular flexibility index (Phi) is 11.1. The summed E-state index contributed by atoms with van der Waals surface area (Å²) in [7, 11) is 0. The van der Waals surface area contributed by atoms with Gasteiger partial charge in [0, 0.05) is 12.1 Å². The van der Waals surface area contributed by atoms with Gasteiger partial charge in [0.25, 0.3) is 0 Å². The first-order valence-corrected chi connectivity index (χ1v) is 15.8. The predicted octanol–water partition coefficient (Wildman–Crippen LogP) is -3.39. The van der Waals surface area contributed by atoms with Crippen LogP contribution in [0.25, 0.3) is 22.3 Å². The number of aliphatic hydroxyl groups is 10. The molecule has 3 saturated heterocycles. The maximum Gasteiger partial charge on any atom is 0.402 e. The van der Waals surface area contributed by atoms with Crippen molar-refractivity contribution in [3.8, 4) is 34.3 Å². The summed E-state index contributed by atoms with van der Waals surface area (Å²) in [5, 5.41) is 123. The average Bonchev–Trinajstić information content (AvgIpc) is 3.11. The van der Waals surface area contributed by atoms with Crippen molar-refractivity contribution in [2.24, 2.45) is 0 Å². The number of phenolic OH excluding ortho intramolecular Hbond substituents is 2. The number of rotatable bonds is 9. The molecule has 0 bridgehead atoms. The van der Waals surface area contributed by atoms with Crippen LogP contribution in [0.2, 0.25) is 0 Å². The monoisotopic (exact) mass is 727 g/mol. The first kappa shape index (κ1) is 37.3. The first-order valence-electron chi connectivity index (χ1n) is 15.8. The third-order valence-corrected chi connectivity index (χ3v) is 8.83. The highest BCUT2D eigenvalue weighted by molar-refractivity contribution is 5.88. The molecule has 0 saturated carbocycles. The van der Waals surface area contributed by atoms with Crippen molar-refractivity contribution in [2.75, 3.05) is 19.8 Å². The number of hydrogen-bond donors (Lipinski definition) is 12. The summed E-state index contributed by atoms with van der Waals surface area (Å²) >= 11 is 0. The van der Waals surface area contributed by atoms with Gasteiger partial charge >= 0.3 is 11.3 Å². The molecule has 12 N–H and O–H groups in total. The van der Waals surface area contributed by atoms with Crippen molar-refractivity contribution in [1.82, 2.24) is 0 Å². The van der Waals surface area contributed by atoms with E-state index in [0.717, 1.165) is 6.07 Å². The Morgan fingerprint density at radius 3 is 1.90 bits per heavy atom. The topological polar surface area (TPSA) is 309 Å². The van der Waals surface area contributed by atoms with E-state index in [1.165, 1.54) is 36.4 Å². The fraction of sp³-hybridized carbons (Fsp3) is 0.531. The van der Waals surface area contributed by atoms with Crippen molar-refractivity contribution in [1.29, 1.82) is 0 Å². The molecular weight excluding hydrogens is 688 g/mol. The number of phenols is 2. The van der Waals surface area contributed by atoms with Crippen LogP contribution in [0.3, 0.4) is 0 Å². The number of aliphatic hydroxyl groups excluding tert-OH is 10. The van der Waals surface area contributed by atoms with E-state index < -0.39 is 106 Å². The van der Waals surface area contributed by atoms with Crippen LogP contribution in [-0.2, 0) is 18.9 Å². The standard InChI is InChI=1S/C32H38O19/c33-8-19-22(39)24(41)27(44)31(49-19)47-17-6-13(36)5-16-14(17)7-18(28(46-16)11-1-3-12(35)4-2-11)48-32-29(25(42)23(40)20(9-34)50-32)51-30-26(43)21(38)15(37)10-45-30/h1-7,15,19-27,29-34,37-44H,8-10H2,(H-,35,36)/p+1/t15-,19-,20-,21+,22-,23-,24+,25+,26-,27-,29-,30+,31-,32-/m1/s1. The van der Waals surface area contributed by atoms with Crippen LogP contribution in [0.1, 0.15) is 0 Å². The van der Waals surface area contributed by atoms with E-state index in [4.69, 9.17) is 32.8 Å². The molecule has 0 amide bonds. The van der Waals surface area contributed by atoms with E-state index in [-0.39, 0.29) is 39.7 Å². The van der Waals surface area contributed by atoms with Crippen molar-refractivity contribution >= 4 is 11.0 Å². The van der Waals surface area contributed by atoms with E-state index in [1.54, 1.807) is 0 Å². The zero-order valence-electron chi connectivity index (χ0n) is 26.5. The van der Waals surface area contributed by atoms with Gasteiger partial charge in [0.1, 0.15) is 83.7 Å². The summed E-state index contributed by atoms with van der Waals surface area (Å²) in [4.78, 5) is 0. The third-order valence-electron chi connectivity index (χ3n) is 8.83. The molecule has 0 unspecified atom stereocenters. The molecule has 280 valence electrons. The van der Waals surface area contributed by atoms with Crippen LogP contribution in [0.4, 0.5) is 0 Å². The predicted molar refractivity (Wildman–Crippen MR) is 165 cm³/mol. The van der Waals surface area contributed by atoms with E-state index in [0.29, 0.717) is 5.56 Å². The van der Waals surface area contributed by atoms with Gasteiger partial charge in [0.15, 0.2) is 12.4 Å². The lowest BCUT2D eigenvalue weighted by Crippen LogP contribution is -2.63. The van der Waals surface area contributed by atoms with Crippen molar-refractivity contribution in [3.63, 3.8) is 0 Å². The minimum absolute atomic E-state index is 0.0398. The Labute approximate surface area is 287 Å². The molecule has 51 heavy (non-hydrogen) atoms. The number of benzene rings is 2. The van der Waals surface area contributed by atoms with Gasteiger partial charge < -0.3 is 89.7 Å². The second-order valence-electron chi connectivity index (χ2n) is 12.3. The smallest absolute Gasteiger partial charge is 0.402 e. The summed E-state index contributed by atoms with van der Waals surface area (Å²) in [5.74, 6) is -0.964. The fourth-order valence-electron chi connectivity index (χ4n) is 5.93. The minimum atomic E-state index is -1.85. The minimum Gasteiger partial charge on any atom is -0.508 e. The van der Waals surface area contributed by atoms with Crippen LogP contribution in [0.5, 0.6) is 23.0 Å². The number of ether oxygens (including phenoxy) is 6. The van der Waals surface area contributed by atoms with E-state index >= 15 is 0 Å². The average molecular weight is 728 g/mol. The molecule has 2 aromatic carbocycles. The largest absolute Gasteiger partial charge is 0.508 e. The van der Waals surface area contributed by atoms with Gasteiger partial charge in [-0.25, -0.2) is 4.42 Å². The van der Waals surface area contributed by atoms with Gasteiger partial charge in [0.05, 0.1) is 31.5 Å². The van der Waals surface area contributed by atoms with Gasteiger partial charge in [0.2, 0.25) is 18.3 Å². The zero-order chi connectivity index (χ0) is 36.7. The second kappa shape index (κ2) is 15.2. The summed E-state index contributed by atoms with van der Waals surface area (Å²) in [6.45, 7) is -1.99. The van der Waals surface area contributed by atoms with Crippen molar-refractivity contribution in [2.45, 2.75) is 86.0 Å². The number of aromatic hydroxyl groups is 2. The first-order chi connectivity index (χ1) is 24.3. The van der Waals surface area contributed by atoms with E-state index in [9.17, 15) is 61.3 Å². The van der Waals surface area contributed by atoms with Crippen LogP contribution < -0.4 is 9.47 Å². The summed E-state index contributed by atoms with van der Waals surface area (Å²) < 4.78 is 40.4. The van der Waals surface area contributed by atoms with Gasteiger partial charge in [-0.15, -0.1) is 0 Å². The summed E-state index contributed by atoms with van der Waals surface area (Å²) in [6, 6.07) is 9.20. The molecule has 3 aliphatic heterocycles. The Bertz CT molecular complexity index is 1640. The van der Waals surface area contributed by atoms with Crippen LogP contribution >= 0.6 is 0 Å². The molecule has 3 fully saturated rings. The highest BCUT2D eigenvalue weighted by atomic mass is 16.8. The van der Waals surface area contributed by atoms with Crippen LogP contribution in [-0.4, -0.2) is 167 Å². The Balaban J connectivity index is 1.42. The normalized spacial score (nSPS) is 37.3. The highest BCUT2D eigenvalue weighted by Gasteiger charge is 2.51. The Morgan fingerprint density at radius 1 is 0.627 bits per heavy atom. The second-order valence-corrected chi connectivity index (χ2v) is 12.3. The summed E-state index contributed by atoms with van der Waals surface area (Å²) in [6.07, 6.45) is -23.3. The van der Waals surface area contributed by atoms with Gasteiger partial charge in [-0.2, -0.15) is 0 Å². The maximum absolute atomic E-state index is 11.1. The van der Waals surface area contributed by atoms with Crippen molar-refractivity contribution < 1.29 is 94.1 Å². The molecule has 19 heteroatoms. The molecule has 14 atom stereocenters. The SMILES string of the molecule is OC[C@H]1O[C@@H](Oc2cc(O)cc3[o+]c(-c4ccc(O)cc4)c(O[C@@H]4O[C@H](CO)[C@@H](O)[C@H](O)[C@H]4O[C@@H]4OC[C@@H](O)[C@H](O)[C@H]4O)cc23)[C@H](O)[C@@H](O)[C@@H]1O. The van der Waals surface area contributed by atoms with E-state index in [2.05, 4.69) is 0 Å². The molecule has 3 aromatic rings. The quantitative estimate of drug-likeness (QED) is 0.0957. The molecule has 4 heterocycles.